The van der Waals surface area contributed by atoms with Gasteiger partial charge in [0.05, 0.1) is 4.90 Å². The first-order chi connectivity index (χ1) is 9.43. The van der Waals surface area contributed by atoms with Crippen molar-refractivity contribution in [1.29, 1.82) is 0 Å². The average Bonchev–Trinajstić information content (AvgIpc) is 2.34. The second-order valence-corrected chi connectivity index (χ2v) is 8.40. The Morgan fingerprint density at radius 1 is 1.29 bits per heavy atom. The van der Waals surface area contributed by atoms with Gasteiger partial charge in [0.1, 0.15) is 0 Å². The molecular formula is C15H24N2O3S. The highest BCUT2D eigenvalue weighted by Gasteiger charge is 2.23. The third-order valence-electron chi connectivity index (χ3n) is 3.89. The third kappa shape index (κ3) is 4.74. The van der Waals surface area contributed by atoms with E-state index in [-0.39, 0.29) is 27.5 Å². The molecule has 0 aliphatic carbocycles. The number of carbonyl (C=O) groups is 1. The molecule has 0 radical (unpaired) electrons. The van der Waals surface area contributed by atoms with Gasteiger partial charge in [0.2, 0.25) is 0 Å². The zero-order valence-electron chi connectivity index (χ0n) is 13.2. The number of nitrogens with two attached hydrogens (primary N) is 1. The first-order valence-electron chi connectivity index (χ1n) is 6.82. The Morgan fingerprint density at radius 3 is 2.33 bits per heavy atom. The maximum absolute atomic E-state index is 12.2. The summed E-state index contributed by atoms with van der Waals surface area (Å²) in [4.78, 5) is 12.2. The van der Waals surface area contributed by atoms with Crippen LogP contribution >= 0.6 is 0 Å². The minimum Gasteiger partial charge on any atom is -0.399 e. The highest BCUT2D eigenvalue weighted by Crippen LogP contribution is 2.25. The van der Waals surface area contributed by atoms with E-state index in [1.807, 2.05) is 0 Å². The number of nitrogens with one attached hydrogen (secondary N) is 1. The van der Waals surface area contributed by atoms with Crippen molar-refractivity contribution in [3.63, 3.8) is 0 Å². The molecule has 0 saturated carbocycles. The number of anilines is 1. The van der Waals surface area contributed by atoms with E-state index in [4.69, 9.17) is 5.73 Å². The monoisotopic (exact) mass is 312 g/mol. The lowest BCUT2D eigenvalue weighted by molar-refractivity contribution is 0.0924. The maximum atomic E-state index is 12.2. The third-order valence-corrected chi connectivity index (χ3v) is 4.98. The maximum Gasteiger partial charge on any atom is 0.251 e. The molecule has 0 aromatic heterocycles. The van der Waals surface area contributed by atoms with Crippen LogP contribution in [0.1, 0.15) is 38.1 Å². The molecule has 6 heteroatoms. The van der Waals surface area contributed by atoms with Gasteiger partial charge in [0.25, 0.3) is 5.91 Å². The minimum absolute atomic E-state index is 0.0460. The van der Waals surface area contributed by atoms with Gasteiger partial charge in [-0.15, -0.1) is 0 Å². The summed E-state index contributed by atoms with van der Waals surface area (Å²) in [6.07, 6.45) is 1.09. The molecule has 0 fully saturated rings. The summed E-state index contributed by atoms with van der Waals surface area (Å²) in [5, 5.41) is 2.84. The van der Waals surface area contributed by atoms with Crippen LogP contribution in [0.2, 0.25) is 0 Å². The van der Waals surface area contributed by atoms with E-state index in [9.17, 15) is 13.2 Å². The number of hydrogen-bond donors (Lipinski definition) is 2. The number of carbonyl (C=O) groups excluding carboxylic acids is 1. The Kier molecular flexibility index (Phi) is 5.04. The fraction of sp³-hybridized carbons (Fsp3) is 0.533. The van der Waals surface area contributed by atoms with Gasteiger partial charge in [-0.1, -0.05) is 27.7 Å². The topological polar surface area (TPSA) is 89.3 Å². The summed E-state index contributed by atoms with van der Waals surface area (Å²) >= 11 is 0. The van der Waals surface area contributed by atoms with Crippen molar-refractivity contribution in [3.05, 3.63) is 23.8 Å². The number of sulfone groups is 1. The lowest BCUT2D eigenvalue weighted by Gasteiger charge is -2.29. The second kappa shape index (κ2) is 6.05. The fourth-order valence-electron chi connectivity index (χ4n) is 1.58. The van der Waals surface area contributed by atoms with Crippen molar-refractivity contribution >= 4 is 21.4 Å². The van der Waals surface area contributed by atoms with E-state index in [0.717, 1.165) is 6.26 Å². The van der Waals surface area contributed by atoms with Gasteiger partial charge < -0.3 is 11.1 Å². The number of hydrogen-bond acceptors (Lipinski definition) is 4. The van der Waals surface area contributed by atoms with Crippen LogP contribution in [-0.4, -0.2) is 27.1 Å². The molecule has 0 bridgehead atoms. The fourth-order valence-corrected chi connectivity index (χ4v) is 2.27. The molecule has 1 amide bonds. The van der Waals surface area contributed by atoms with Gasteiger partial charge in [0.15, 0.2) is 9.84 Å². The summed E-state index contributed by atoms with van der Waals surface area (Å²) in [6, 6.07) is 4.18. The van der Waals surface area contributed by atoms with Gasteiger partial charge in [0, 0.05) is 24.1 Å². The molecule has 0 saturated heterocycles. The number of amides is 1. The summed E-state index contributed by atoms with van der Waals surface area (Å²) in [5.74, 6) is 0.0890. The summed E-state index contributed by atoms with van der Waals surface area (Å²) in [7, 11) is -3.40. The zero-order chi connectivity index (χ0) is 16.4. The van der Waals surface area contributed by atoms with E-state index in [1.54, 1.807) is 0 Å². The molecule has 1 rings (SSSR count). The predicted molar refractivity (Wildman–Crippen MR) is 84.9 cm³/mol. The van der Waals surface area contributed by atoms with Crippen LogP contribution in [0.25, 0.3) is 0 Å². The molecule has 21 heavy (non-hydrogen) atoms. The van der Waals surface area contributed by atoms with Crippen LogP contribution in [0, 0.1) is 11.3 Å². The van der Waals surface area contributed by atoms with Crippen molar-refractivity contribution in [2.75, 3.05) is 18.5 Å². The van der Waals surface area contributed by atoms with Crippen molar-refractivity contribution in [2.45, 2.75) is 32.6 Å². The van der Waals surface area contributed by atoms with Crippen LogP contribution in [0.5, 0.6) is 0 Å². The molecule has 0 heterocycles. The van der Waals surface area contributed by atoms with E-state index in [1.165, 1.54) is 18.2 Å². The van der Waals surface area contributed by atoms with E-state index in [2.05, 4.69) is 33.0 Å². The molecule has 118 valence electrons. The molecule has 0 spiro atoms. The van der Waals surface area contributed by atoms with Crippen LogP contribution < -0.4 is 11.1 Å². The Hall–Kier alpha value is -1.56. The molecule has 1 aromatic carbocycles. The molecule has 0 unspecified atom stereocenters. The Labute approximate surface area is 126 Å². The van der Waals surface area contributed by atoms with E-state index >= 15 is 0 Å². The highest BCUT2D eigenvalue weighted by atomic mass is 32.2. The highest BCUT2D eigenvalue weighted by molar-refractivity contribution is 7.90. The van der Waals surface area contributed by atoms with Crippen molar-refractivity contribution in [1.82, 2.24) is 5.32 Å². The summed E-state index contributed by atoms with van der Waals surface area (Å²) in [6.45, 7) is 8.83. The normalized spacial score (nSPS) is 12.5. The summed E-state index contributed by atoms with van der Waals surface area (Å²) < 4.78 is 23.2. The van der Waals surface area contributed by atoms with E-state index in [0.29, 0.717) is 12.5 Å². The molecular weight excluding hydrogens is 288 g/mol. The first-order valence-corrected chi connectivity index (χ1v) is 8.71. The SMILES string of the molecule is CC(C)C(C)(C)CNC(=O)c1cc(N)cc(S(C)(=O)=O)c1. The molecule has 1 aromatic rings. The lowest BCUT2D eigenvalue weighted by Crippen LogP contribution is -2.37. The molecule has 3 N–H and O–H groups in total. The average molecular weight is 312 g/mol. The van der Waals surface area contributed by atoms with Crippen LogP contribution in [0.4, 0.5) is 5.69 Å². The smallest absolute Gasteiger partial charge is 0.251 e. The molecule has 0 aliphatic heterocycles. The van der Waals surface area contributed by atoms with Crippen LogP contribution in [0.15, 0.2) is 23.1 Å². The van der Waals surface area contributed by atoms with E-state index < -0.39 is 9.84 Å². The Balaban J connectivity index is 2.97. The van der Waals surface area contributed by atoms with Crippen molar-refractivity contribution in [2.24, 2.45) is 11.3 Å². The van der Waals surface area contributed by atoms with Gasteiger partial charge in [-0.05, 0) is 29.5 Å². The Bertz CT molecular complexity index is 634. The van der Waals surface area contributed by atoms with Gasteiger partial charge in [-0.3, -0.25) is 4.79 Å². The Morgan fingerprint density at radius 2 is 1.86 bits per heavy atom. The van der Waals surface area contributed by atoms with Crippen molar-refractivity contribution < 1.29 is 13.2 Å². The quantitative estimate of drug-likeness (QED) is 0.815. The van der Waals surface area contributed by atoms with Crippen LogP contribution in [0.3, 0.4) is 0 Å². The largest absolute Gasteiger partial charge is 0.399 e. The number of rotatable bonds is 5. The van der Waals surface area contributed by atoms with Gasteiger partial charge >= 0.3 is 0 Å². The predicted octanol–water partition coefficient (Wildman–Crippen LogP) is 2.08. The lowest BCUT2D eigenvalue weighted by atomic mass is 9.81. The van der Waals surface area contributed by atoms with Crippen molar-refractivity contribution in [3.8, 4) is 0 Å². The second-order valence-electron chi connectivity index (χ2n) is 6.39. The van der Waals surface area contributed by atoms with Gasteiger partial charge in [-0.2, -0.15) is 0 Å². The minimum atomic E-state index is -3.40. The standard InChI is InChI=1S/C15H24N2O3S/c1-10(2)15(3,4)9-17-14(18)11-6-12(16)8-13(7-11)21(5,19)20/h6-8,10H,9,16H2,1-5H3,(H,17,18). The molecule has 0 aliphatic rings. The first kappa shape index (κ1) is 17.5. The number of nitrogen functional groups attached to an aromatic ring is 1. The molecule has 0 atom stereocenters. The van der Waals surface area contributed by atoms with Crippen LogP contribution in [-0.2, 0) is 9.84 Å². The molecule has 5 nitrogen and oxygen atoms in total. The zero-order valence-corrected chi connectivity index (χ0v) is 14.0. The number of benzene rings is 1. The summed E-state index contributed by atoms with van der Waals surface area (Å²) in [5.41, 5.74) is 6.15. The van der Waals surface area contributed by atoms with Gasteiger partial charge in [-0.25, -0.2) is 8.42 Å².